The zero-order chi connectivity index (χ0) is 15.7. The van der Waals surface area contributed by atoms with Gasteiger partial charge in [-0.25, -0.2) is 0 Å². The molecule has 0 saturated carbocycles. The molecule has 0 amide bonds. The summed E-state index contributed by atoms with van der Waals surface area (Å²) in [5.74, 6) is 3.22. The van der Waals surface area contributed by atoms with Gasteiger partial charge in [0.15, 0.2) is 0 Å². The largest absolute Gasteiger partial charge is 0.462 e. The second-order valence-electron chi connectivity index (χ2n) is 5.58. The molecule has 21 heavy (non-hydrogen) atoms. The summed E-state index contributed by atoms with van der Waals surface area (Å²) in [6, 6.07) is 0. The van der Waals surface area contributed by atoms with Crippen molar-refractivity contribution in [1.29, 1.82) is 0 Å². The van der Waals surface area contributed by atoms with E-state index in [4.69, 9.17) is 11.2 Å². The molecule has 0 aromatic rings. The van der Waals surface area contributed by atoms with Gasteiger partial charge >= 0.3 is 5.97 Å². The second kappa shape index (κ2) is 9.84. The molecule has 0 bridgehead atoms. The number of ether oxygens (including phenoxy) is 1. The Labute approximate surface area is 137 Å². The van der Waals surface area contributed by atoms with Crippen LogP contribution < -0.4 is 0 Å². The van der Waals surface area contributed by atoms with Crippen LogP contribution in [0.2, 0.25) is 0 Å². The van der Waals surface area contributed by atoms with E-state index in [1.54, 1.807) is 6.08 Å². The molecule has 1 rings (SSSR count). The van der Waals surface area contributed by atoms with Gasteiger partial charge in [0.25, 0.3) is 0 Å². The fourth-order valence-electron chi connectivity index (χ4n) is 2.87. The van der Waals surface area contributed by atoms with E-state index < -0.39 is 0 Å². The first-order valence-corrected chi connectivity index (χ1v) is 8.57. The Balaban J connectivity index is 2.83. The molecule has 0 unspecified atom stereocenters. The lowest BCUT2D eigenvalue weighted by Gasteiger charge is -2.31. The van der Waals surface area contributed by atoms with Gasteiger partial charge in [-0.15, -0.1) is 6.42 Å². The Morgan fingerprint density at radius 1 is 1.52 bits per heavy atom. The van der Waals surface area contributed by atoms with Crippen molar-refractivity contribution >= 4 is 21.9 Å². The molecule has 2 nitrogen and oxygen atoms in total. The Bertz CT molecular complexity index is 419. The monoisotopic (exact) mass is 352 g/mol. The van der Waals surface area contributed by atoms with Crippen LogP contribution in [0, 0.1) is 24.2 Å². The molecule has 0 fully saturated rings. The van der Waals surface area contributed by atoms with Gasteiger partial charge in [0.2, 0.25) is 0 Å². The maximum absolute atomic E-state index is 11.4. The molecule has 0 spiro atoms. The fourth-order valence-corrected chi connectivity index (χ4v) is 3.67. The van der Waals surface area contributed by atoms with Crippen molar-refractivity contribution < 1.29 is 9.53 Å². The molecule has 1 aliphatic carbocycles. The number of esters is 1. The number of carbonyl (C=O) groups is 1. The zero-order valence-corrected chi connectivity index (χ0v) is 14.5. The lowest BCUT2D eigenvalue weighted by molar-refractivity contribution is -0.149. The summed E-state index contributed by atoms with van der Waals surface area (Å²) >= 11 is 3.79. The molecule has 0 aromatic carbocycles. The van der Waals surface area contributed by atoms with Crippen LogP contribution in [0.1, 0.15) is 46.0 Å². The van der Waals surface area contributed by atoms with Gasteiger partial charge in [-0.3, -0.25) is 4.79 Å². The SMILES string of the molecule is C#CC=CC[C@@H](OC(C)=O)[C@H]1CC=CC[C@H](Br)[C@@H](CC)C1. The minimum Gasteiger partial charge on any atom is -0.462 e. The number of alkyl halides is 1. The third-order valence-electron chi connectivity index (χ3n) is 4.03. The summed E-state index contributed by atoms with van der Waals surface area (Å²) < 4.78 is 5.55. The van der Waals surface area contributed by atoms with E-state index in [1.807, 2.05) is 6.08 Å². The molecule has 116 valence electrons. The highest BCUT2D eigenvalue weighted by molar-refractivity contribution is 9.09. The molecule has 0 aliphatic heterocycles. The van der Waals surface area contributed by atoms with Gasteiger partial charge in [0.1, 0.15) is 6.10 Å². The van der Waals surface area contributed by atoms with Crippen LogP contribution in [0.3, 0.4) is 0 Å². The number of carbonyl (C=O) groups excluding carboxylic acids is 1. The van der Waals surface area contributed by atoms with Crippen LogP contribution in [-0.4, -0.2) is 16.9 Å². The van der Waals surface area contributed by atoms with Gasteiger partial charge in [-0.05, 0) is 37.2 Å². The Kier molecular flexibility index (Phi) is 8.45. The van der Waals surface area contributed by atoms with E-state index in [2.05, 4.69) is 40.9 Å². The zero-order valence-electron chi connectivity index (χ0n) is 12.9. The van der Waals surface area contributed by atoms with Crippen molar-refractivity contribution in [1.82, 2.24) is 0 Å². The van der Waals surface area contributed by atoms with Crippen molar-refractivity contribution in [2.45, 2.75) is 56.9 Å². The number of halogens is 1. The molecule has 1 aliphatic rings. The van der Waals surface area contributed by atoms with E-state index >= 15 is 0 Å². The molecule has 4 atom stereocenters. The summed E-state index contributed by atoms with van der Waals surface area (Å²) in [5, 5.41) is 0. The molecule has 0 heterocycles. The molecular formula is C18H25BrO2. The highest BCUT2D eigenvalue weighted by Crippen LogP contribution is 2.34. The third-order valence-corrected chi connectivity index (χ3v) is 5.16. The smallest absolute Gasteiger partial charge is 0.302 e. The maximum atomic E-state index is 11.4. The van der Waals surface area contributed by atoms with E-state index in [0.717, 1.165) is 25.7 Å². The fraction of sp³-hybridized carbons (Fsp3) is 0.611. The van der Waals surface area contributed by atoms with E-state index in [1.165, 1.54) is 6.92 Å². The molecular weight excluding hydrogens is 328 g/mol. The Hall–Kier alpha value is -1.01. The predicted octanol–water partition coefficient (Wildman–Crippen LogP) is 4.64. The minimum atomic E-state index is -0.219. The van der Waals surface area contributed by atoms with Crippen LogP contribution in [-0.2, 0) is 9.53 Å². The molecule has 0 N–H and O–H groups in total. The van der Waals surface area contributed by atoms with Gasteiger partial charge in [0.05, 0.1) is 0 Å². The lowest BCUT2D eigenvalue weighted by atomic mass is 9.81. The Morgan fingerprint density at radius 2 is 2.24 bits per heavy atom. The van der Waals surface area contributed by atoms with E-state index in [9.17, 15) is 4.79 Å². The first kappa shape index (κ1) is 18.0. The van der Waals surface area contributed by atoms with Gasteiger partial charge < -0.3 is 4.74 Å². The van der Waals surface area contributed by atoms with Gasteiger partial charge in [-0.1, -0.05) is 53.4 Å². The standard InChI is InChI=1S/C18H25BrO2/c1-4-6-7-12-18(21-14(3)20)16-10-8-9-11-17(19)15(5-2)13-16/h1,6-9,15-18H,5,10-13H2,2-3H3/t15-,16-,17-,18+/m0/s1. The summed E-state index contributed by atoms with van der Waals surface area (Å²) in [6.45, 7) is 3.70. The average molecular weight is 353 g/mol. The quantitative estimate of drug-likeness (QED) is 0.311. The third kappa shape index (κ3) is 6.52. The minimum absolute atomic E-state index is 0.0939. The van der Waals surface area contributed by atoms with Crippen LogP contribution in [0.5, 0.6) is 0 Å². The molecule has 0 saturated heterocycles. The summed E-state index contributed by atoms with van der Waals surface area (Å²) in [6.07, 6.45) is 18.1. The van der Waals surface area contributed by atoms with Crippen molar-refractivity contribution in [3.8, 4) is 12.3 Å². The van der Waals surface area contributed by atoms with Crippen molar-refractivity contribution in [2.75, 3.05) is 0 Å². The second-order valence-corrected chi connectivity index (χ2v) is 6.75. The summed E-state index contributed by atoms with van der Waals surface area (Å²) in [4.78, 5) is 11.9. The normalized spacial score (nSPS) is 27.6. The maximum Gasteiger partial charge on any atom is 0.302 e. The highest BCUT2D eigenvalue weighted by Gasteiger charge is 2.28. The van der Waals surface area contributed by atoms with Crippen molar-refractivity contribution in [3.63, 3.8) is 0 Å². The summed E-state index contributed by atoms with van der Waals surface area (Å²) in [7, 11) is 0. The van der Waals surface area contributed by atoms with Crippen LogP contribution in [0.15, 0.2) is 24.3 Å². The number of hydrogen-bond acceptors (Lipinski definition) is 2. The topological polar surface area (TPSA) is 26.3 Å². The van der Waals surface area contributed by atoms with Crippen LogP contribution >= 0.6 is 15.9 Å². The summed E-state index contributed by atoms with van der Waals surface area (Å²) in [5.41, 5.74) is 0. The Morgan fingerprint density at radius 3 is 2.86 bits per heavy atom. The molecule has 0 radical (unpaired) electrons. The van der Waals surface area contributed by atoms with E-state index in [0.29, 0.717) is 23.1 Å². The van der Waals surface area contributed by atoms with Crippen molar-refractivity contribution in [2.24, 2.45) is 11.8 Å². The number of rotatable bonds is 5. The van der Waals surface area contributed by atoms with Crippen molar-refractivity contribution in [3.05, 3.63) is 24.3 Å². The number of hydrogen-bond donors (Lipinski definition) is 0. The van der Waals surface area contributed by atoms with E-state index in [-0.39, 0.29) is 12.1 Å². The van der Waals surface area contributed by atoms with Crippen LogP contribution in [0.4, 0.5) is 0 Å². The highest BCUT2D eigenvalue weighted by atomic mass is 79.9. The first-order chi connectivity index (χ1) is 10.1. The van der Waals surface area contributed by atoms with Crippen LogP contribution in [0.25, 0.3) is 0 Å². The van der Waals surface area contributed by atoms with Gasteiger partial charge in [-0.2, -0.15) is 0 Å². The first-order valence-electron chi connectivity index (χ1n) is 7.65. The molecule has 3 heteroatoms. The lowest BCUT2D eigenvalue weighted by Crippen LogP contribution is -2.30. The molecule has 0 aromatic heterocycles. The number of terminal acetylenes is 1. The van der Waals surface area contributed by atoms with Gasteiger partial charge in [0, 0.05) is 18.2 Å². The predicted molar refractivity (Wildman–Crippen MR) is 91.1 cm³/mol. The number of allylic oxidation sites excluding steroid dienone is 3. The average Bonchev–Trinajstić information content (AvgIpc) is 2.43.